The molecule has 1 saturated heterocycles. The van der Waals surface area contributed by atoms with Gasteiger partial charge in [-0.3, -0.25) is 5.32 Å². The molecule has 0 bridgehead atoms. The predicted molar refractivity (Wildman–Crippen MR) is 70.5 cm³/mol. The molecule has 18 heavy (non-hydrogen) atoms. The zero-order chi connectivity index (χ0) is 12.8. The number of aliphatic hydroxyl groups excluding tert-OH is 1. The first-order chi connectivity index (χ1) is 8.79. The molecule has 1 aliphatic rings. The van der Waals surface area contributed by atoms with Gasteiger partial charge >= 0.3 is 6.03 Å². The van der Waals surface area contributed by atoms with Gasteiger partial charge in [0.25, 0.3) is 0 Å². The molecule has 0 atom stereocenters. The standard InChI is InChI=1S/C12H15N3O2S/c16-8-4-5-10-9-13-11(18-10)14-12(17)15-6-2-1-3-7-15/h9,16H,1-3,6-8H2,(H,13,14,17). The Balaban J connectivity index is 1.92. The van der Waals surface area contributed by atoms with Crippen molar-refractivity contribution in [3.63, 3.8) is 0 Å². The van der Waals surface area contributed by atoms with Gasteiger partial charge in [-0.05, 0) is 19.3 Å². The summed E-state index contributed by atoms with van der Waals surface area (Å²) in [7, 11) is 0. The number of piperidine rings is 1. The average molecular weight is 265 g/mol. The van der Waals surface area contributed by atoms with Crippen molar-refractivity contribution in [3.05, 3.63) is 11.1 Å². The van der Waals surface area contributed by atoms with Crippen LogP contribution in [0, 0.1) is 11.8 Å². The van der Waals surface area contributed by atoms with Gasteiger partial charge in [-0.1, -0.05) is 23.2 Å². The number of nitrogens with zero attached hydrogens (tertiary/aromatic N) is 2. The lowest BCUT2D eigenvalue weighted by Crippen LogP contribution is -2.38. The topological polar surface area (TPSA) is 65.5 Å². The van der Waals surface area contributed by atoms with Gasteiger partial charge in [0.1, 0.15) is 6.61 Å². The van der Waals surface area contributed by atoms with Crippen molar-refractivity contribution < 1.29 is 9.90 Å². The van der Waals surface area contributed by atoms with Crippen LogP contribution < -0.4 is 5.32 Å². The second-order valence-corrected chi connectivity index (χ2v) is 5.00. The molecule has 2 amide bonds. The van der Waals surface area contributed by atoms with Crippen LogP contribution in [0.2, 0.25) is 0 Å². The number of carbonyl (C=O) groups is 1. The molecule has 96 valence electrons. The monoisotopic (exact) mass is 265 g/mol. The summed E-state index contributed by atoms with van der Waals surface area (Å²) in [6, 6.07) is -0.0919. The van der Waals surface area contributed by atoms with Crippen molar-refractivity contribution in [3.8, 4) is 11.8 Å². The zero-order valence-corrected chi connectivity index (χ0v) is 10.8. The van der Waals surface area contributed by atoms with Crippen molar-refractivity contribution >= 4 is 22.5 Å². The number of nitrogens with one attached hydrogen (secondary N) is 1. The van der Waals surface area contributed by atoms with Gasteiger partial charge in [-0.2, -0.15) is 0 Å². The maximum atomic E-state index is 11.9. The minimum atomic E-state index is -0.173. The van der Waals surface area contributed by atoms with Crippen LogP contribution in [0.25, 0.3) is 0 Å². The Labute approximate surface area is 110 Å². The molecule has 0 saturated carbocycles. The highest BCUT2D eigenvalue weighted by Crippen LogP contribution is 2.18. The third-order valence-electron chi connectivity index (χ3n) is 2.65. The van der Waals surface area contributed by atoms with E-state index < -0.39 is 0 Å². The van der Waals surface area contributed by atoms with E-state index in [9.17, 15) is 4.79 Å². The maximum Gasteiger partial charge on any atom is 0.323 e. The Morgan fingerprint density at radius 2 is 2.28 bits per heavy atom. The molecule has 1 aromatic heterocycles. The fourth-order valence-electron chi connectivity index (χ4n) is 1.78. The van der Waals surface area contributed by atoms with E-state index in [4.69, 9.17) is 5.11 Å². The Morgan fingerprint density at radius 1 is 1.50 bits per heavy atom. The van der Waals surface area contributed by atoms with Crippen LogP contribution in [0.4, 0.5) is 9.93 Å². The number of carbonyl (C=O) groups excluding carboxylic acids is 1. The SMILES string of the molecule is O=C(Nc1ncc(C#CCO)s1)N1CCCCC1. The van der Waals surface area contributed by atoms with Crippen LogP contribution in [0.1, 0.15) is 24.1 Å². The summed E-state index contributed by atoms with van der Waals surface area (Å²) >= 11 is 1.31. The maximum absolute atomic E-state index is 11.9. The number of aromatic nitrogens is 1. The van der Waals surface area contributed by atoms with Crippen molar-refractivity contribution in [2.24, 2.45) is 0 Å². The summed E-state index contributed by atoms with van der Waals surface area (Å²) in [4.78, 5) is 18.5. The highest BCUT2D eigenvalue weighted by atomic mass is 32.1. The number of hydrogen-bond acceptors (Lipinski definition) is 4. The molecule has 5 nitrogen and oxygen atoms in total. The highest BCUT2D eigenvalue weighted by molar-refractivity contribution is 7.16. The number of rotatable bonds is 1. The first kappa shape index (κ1) is 12.9. The molecular weight excluding hydrogens is 250 g/mol. The Hall–Kier alpha value is -1.58. The van der Waals surface area contributed by atoms with Crippen LogP contribution in [0.5, 0.6) is 0 Å². The number of anilines is 1. The van der Waals surface area contributed by atoms with Crippen molar-refractivity contribution in [1.82, 2.24) is 9.88 Å². The molecule has 1 aromatic rings. The second-order valence-electron chi connectivity index (χ2n) is 3.97. The fourth-order valence-corrected chi connectivity index (χ4v) is 2.46. The van der Waals surface area contributed by atoms with Gasteiger partial charge in [0.15, 0.2) is 5.13 Å². The number of amides is 2. The minimum Gasteiger partial charge on any atom is -0.384 e. The van der Waals surface area contributed by atoms with Crippen molar-refractivity contribution in [1.29, 1.82) is 0 Å². The summed E-state index contributed by atoms with van der Waals surface area (Å²) in [5.74, 6) is 5.31. The third-order valence-corrected chi connectivity index (χ3v) is 3.48. The Kier molecular flexibility index (Phi) is 4.56. The van der Waals surface area contributed by atoms with Crippen LogP contribution in [-0.4, -0.2) is 40.7 Å². The molecule has 0 radical (unpaired) electrons. The lowest BCUT2D eigenvalue weighted by Gasteiger charge is -2.26. The Bertz CT molecular complexity index is 469. The molecule has 0 unspecified atom stereocenters. The lowest BCUT2D eigenvalue weighted by molar-refractivity contribution is 0.200. The molecular formula is C12H15N3O2S. The highest BCUT2D eigenvalue weighted by Gasteiger charge is 2.17. The van der Waals surface area contributed by atoms with Gasteiger partial charge in [0.05, 0.1) is 11.1 Å². The number of aliphatic hydroxyl groups is 1. The van der Waals surface area contributed by atoms with E-state index in [1.165, 1.54) is 17.8 Å². The molecule has 1 aliphatic heterocycles. The smallest absolute Gasteiger partial charge is 0.323 e. The average Bonchev–Trinajstić information content (AvgIpc) is 2.85. The first-order valence-electron chi connectivity index (χ1n) is 5.91. The first-order valence-corrected chi connectivity index (χ1v) is 6.73. The van der Waals surface area contributed by atoms with E-state index in [0.717, 1.165) is 30.8 Å². The van der Waals surface area contributed by atoms with Gasteiger partial charge in [-0.25, -0.2) is 9.78 Å². The summed E-state index contributed by atoms with van der Waals surface area (Å²) < 4.78 is 0. The minimum absolute atomic E-state index is 0.0919. The zero-order valence-electron chi connectivity index (χ0n) is 9.98. The Morgan fingerprint density at radius 3 is 3.00 bits per heavy atom. The molecule has 2 heterocycles. The fraction of sp³-hybridized carbons (Fsp3) is 0.500. The van der Waals surface area contributed by atoms with Crippen LogP contribution in [0.3, 0.4) is 0 Å². The number of likely N-dealkylation sites (tertiary alicyclic amines) is 1. The molecule has 6 heteroatoms. The van der Waals surface area contributed by atoms with Gasteiger partial charge in [0.2, 0.25) is 0 Å². The van der Waals surface area contributed by atoms with Gasteiger partial charge in [-0.15, -0.1) is 0 Å². The molecule has 2 N–H and O–H groups in total. The van der Waals surface area contributed by atoms with E-state index in [1.54, 1.807) is 6.20 Å². The van der Waals surface area contributed by atoms with Gasteiger partial charge < -0.3 is 10.0 Å². The quantitative estimate of drug-likeness (QED) is 0.756. The molecule has 2 rings (SSSR count). The molecule has 0 aromatic carbocycles. The second kappa shape index (κ2) is 6.38. The molecule has 0 spiro atoms. The lowest BCUT2D eigenvalue weighted by atomic mass is 10.1. The summed E-state index contributed by atoms with van der Waals surface area (Å²) in [5.41, 5.74) is 0. The third kappa shape index (κ3) is 3.45. The van der Waals surface area contributed by atoms with Crippen LogP contribution in [-0.2, 0) is 0 Å². The van der Waals surface area contributed by atoms with Crippen molar-refractivity contribution in [2.75, 3.05) is 25.0 Å². The molecule has 0 aliphatic carbocycles. The van der Waals surface area contributed by atoms with E-state index in [0.29, 0.717) is 5.13 Å². The van der Waals surface area contributed by atoms with E-state index in [2.05, 4.69) is 22.1 Å². The largest absolute Gasteiger partial charge is 0.384 e. The van der Waals surface area contributed by atoms with Crippen molar-refractivity contribution in [2.45, 2.75) is 19.3 Å². The number of urea groups is 1. The van der Waals surface area contributed by atoms with Crippen LogP contribution >= 0.6 is 11.3 Å². The van der Waals surface area contributed by atoms with Crippen LogP contribution in [0.15, 0.2) is 6.20 Å². The summed E-state index contributed by atoms with van der Waals surface area (Å²) in [6.45, 7) is 1.45. The van der Waals surface area contributed by atoms with E-state index in [-0.39, 0.29) is 12.6 Å². The number of hydrogen-bond donors (Lipinski definition) is 2. The van der Waals surface area contributed by atoms with Gasteiger partial charge in [0, 0.05) is 13.1 Å². The number of thiazole rings is 1. The summed E-state index contributed by atoms with van der Waals surface area (Å²) in [6.07, 6.45) is 4.93. The summed E-state index contributed by atoms with van der Waals surface area (Å²) in [5, 5.41) is 11.9. The molecule has 1 fully saturated rings. The van der Waals surface area contributed by atoms with E-state index >= 15 is 0 Å². The predicted octanol–water partition coefficient (Wildman–Crippen LogP) is 1.50. The van der Waals surface area contributed by atoms with E-state index in [1.807, 2.05) is 4.90 Å². The normalized spacial score (nSPS) is 14.8.